The average molecular weight is 230 g/mol. The lowest BCUT2D eigenvalue weighted by Gasteiger charge is -2.51. The highest BCUT2D eigenvalue weighted by atomic mass is 14.5. The van der Waals surface area contributed by atoms with Crippen molar-refractivity contribution < 1.29 is 0 Å². The molecule has 0 aromatic carbocycles. The molecule has 0 radical (unpaired) electrons. The van der Waals surface area contributed by atoms with Crippen LogP contribution in [0, 0.1) is 35.5 Å². The minimum atomic E-state index is 1.07. The smallest absolute Gasteiger partial charge is 0.0317 e. The molecule has 17 heavy (non-hydrogen) atoms. The second-order valence-electron chi connectivity index (χ2n) is 7.20. The van der Waals surface area contributed by atoms with Gasteiger partial charge in [-0.15, -0.1) is 0 Å². The SMILES string of the molecule is C1=CC[C@H]2C(C1)CC[C@H]1[C@@H]3CCC[C@H]3CC[C@@H]12. The molecule has 1 unspecified atom stereocenters. The summed E-state index contributed by atoms with van der Waals surface area (Å²) in [5, 5.41) is 0. The molecule has 4 aliphatic rings. The van der Waals surface area contributed by atoms with E-state index in [9.17, 15) is 0 Å². The van der Waals surface area contributed by atoms with Crippen molar-refractivity contribution in [2.24, 2.45) is 35.5 Å². The number of allylic oxidation sites excluding steroid dienone is 2. The highest BCUT2D eigenvalue weighted by molar-refractivity contribution is 5.03. The first kappa shape index (κ1) is 10.6. The topological polar surface area (TPSA) is 0 Å². The van der Waals surface area contributed by atoms with Gasteiger partial charge in [-0.25, -0.2) is 0 Å². The van der Waals surface area contributed by atoms with Crippen LogP contribution < -0.4 is 0 Å². The van der Waals surface area contributed by atoms with Crippen molar-refractivity contribution in [2.45, 2.75) is 57.8 Å². The first-order valence-electron chi connectivity index (χ1n) is 8.08. The van der Waals surface area contributed by atoms with Crippen molar-refractivity contribution in [2.75, 3.05) is 0 Å². The van der Waals surface area contributed by atoms with E-state index in [-0.39, 0.29) is 0 Å². The van der Waals surface area contributed by atoms with Gasteiger partial charge >= 0.3 is 0 Å². The number of hydrogen-bond donors (Lipinski definition) is 0. The highest BCUT2D eigenvalue weighted by Gasteiger charge is 2.47. The summed E-state index contributed by atoms with van der Waals surface area (Å²) in [5.41, 5.74) is 0. The van der Waals surface area contributed by atoms with E-state index in [1.54, 1.807) is 44.9 Å². The number of fused-ring (bicyclic) bond motifs is 5. The van der Waals surface area contributed by atoms with Gasteiger partial charge < -0.3 is 0 Å². The summed E-state index contributed by atoms with van der Waals surface area (Å²) in [5.74, 6) is 6.72. The van der Waals surface area contributed by atoms with Crippen molar-refractivity contribution in [1.29, 1.82) is 0 Å². The zero-order valence-electron chi connectivity index (χ0n) is 11.0. The number of hydrogen-bond acceptors (Lipinski definition) is 0. The molecule has 4 aliphatic carbocycles. The molecule has 0 saturated heterocycles. The molecule has 3 saturated carbocycles. The maximum absolute atomic E-state index is 2.49. The minimum Gasteiger partial charge on any atom is -0.0882 e. The average Bonchev–Trinajstić information content (AvgIpc) is 2.86. The predicted molar refractivity (Wildman–Crippen MR) is 71.6 cm³/mol. The lowest BCUT2D eigenvalue weighted by atomic mass is 9.54. The van der Waals surface area contributed by atoms with Gasteiger partial charge in [0.05, 0.1) is 0 Å². The van der Waals surface area contributed by atoms with Crippen LogP contribution in [0.1, 0.15) is 57.8 Å². The van der Waals surface area contributed by atoms with Gasteiger partial charge in [-0.3, -0.25) is 0 Å². The summed E-state index contributed by atoms with van der Waals surface area (Å²) in [6, 6.07) is 0. The molecule has 0 heteroatoms. The van der Waals surface area contributed by atoms with Gasteiger partial charge in [-0.05, 0) is 80.5 Å². The van der Waals surface area contributed by atoms with Crippen molar-refractivity contribution >= 4 is 0 Å². The Balaban J connectivity index is 1.58. The molecular weight excluding hydrogens is 204 g/mol. The fourth-order valence-electron chi connectivity index (χ4n) is 6.04. The Morgan fingerprint density at radius 1 is 0.529 bits per heavy atom. The van der Waals surface area contributed by atoms with Gasteiger partial charge in [-0.2, -0.15) is 0 Å². The third-order valence-electron chi connectivity index (χ3n) is 6.73. The molecule has 6 atom stereocenters. The van der Waals surface area contributed by atoms with E-state index in [1.807, 2.05) is 0 Å². The minimum absolute atomic E-state index is 1.07. The van der Waals surface area contributed by atoms with Crippen LogP contribution in [-0.4, -0.2) is 0 Å². The molecule has 0 heterocycles. The molecule has 4 rings (SSSR count). The summed E-state index contributed by atoms with van der Waals surface area (Å²) in [7, 11) is 0. The molecule has 94 valence electrons. The summed E-state index contributed by atoms with van der Waals surface area (Å²) in [6.45, 7) is 0. The van der Waals surface area contributed by atoms with Crippen molar-refractivity contribution in [3.63, 3.8) is 0 Å². The largest absolute Gasteiger partial charge is 0.0882 e. The van der Waals surface area contributed by atoms with Gasteiger partial charge in [0.25, 0.3) is 0 Å². The maximum atomic E-state index is 2.49. The Hall–Kier alpha value is -0.260. The molecule has 0 aliphatic heterocycles. The molecular formula is C17H26. The second kappa shape index (κ2) is 4.14. The van der Waals surface area contributed by atoms with E-state index in [2.05, 4.69) is 12.2 Å². The summed E-state index contributed by atoms with van der Waals surface area (Å²) < 4.78 is 0. The molecule has 0 amide bonds. The first-order chi connectivity index (χ1) is 8.43. The van der Waals surface area contributed by atoms with Crippen LogP contribution in [0.2, 0.25) is 0 Å². The maximum Gasteiger partial charge on any atom is -0.0317 e. The zero-order valence-corrected chi connectivity index (χ0v) is 11.0. The van der Waals surface area contributed by atoms with Gasteiger partial charge in [0.2, 0.25) is 0 Å². The highest BCUT2D eigenvalue weighted by Crippen LogP contribution is 2.57. The molecule has 0 nitrogen and oxygen atoms in total. The second-order valence-corrected chi connectivity index (χ2v) is 7.20. The lowest BCUT2D eigenvalue weighted by Crippen LogP contribution is -2.42. The van der Waals surface area contributed by atoms with Crippen LogP contribution in [-0.2, 0) is 0 Å². The summed E-state index contributed by atoms with van der Waals surface area (Å²) >= 11 is 0. The first-order valence-corrected chi connectivity index (χ1v) is 8.08. The van der Waals surface area contributed by atoms with Crippen molar-refractivity contribution in [1.82, 2.24) is 0 Å². The van der Waals surface area contributed by atoms with Gasteiger partial charge in [0.15, 0.2) is 0 Å². The zero-order chi connectivity index (χ0) is 11.2. The van der Waals surface area contributed by atoms with E-state index >= 15 is 0 Å². The van der Waals surface area contributed by atoms with Gasteiger partial charge in [0.1, 0.15) is 0 Å². The van der Waals surface area contributed by atoms with Crippen LogP contribution in [0.15, 0.2) is 12.2 Å². The third-order valence-corrected chi connectivity index (χ3v) is 6.73. The molecule has 0 bridgehead atoms. The molecule has 3 fully saturated rings. The van der Waals surface area contributed by atoms with Crippen LogP contribution >= 0.6 is 0 Å². The van der Waals surface area contributed by atoms with E-state index in [1.165, 1.54) is 12.8 Å². The van der Waals surface area contributed by atoms with Crippen LogP contribution in [0.3, 0.4) is 0 Å². The van der Waals surface area contributed by atoms with Crippen molar-refractivity contribution in [3.8, 4) is 0 Å². The van der Waals surface area contributed by atoms with E-state index in [4.69, 9.17) is 0 Å². The number of rotatable bonds is 0. The quantitative estimate of drug-likeness (QED) is 0.524. The standard InChI is InChI=1S/C17H26/c1-2-6-14-12(4-1)8-10-17-15-7-3-5-13(15)9-11-16(14)17/h1-2,12-17H,3-11H2/t12?,13-,14-,15+,16+,17-/m0/s1. The Morgan fingerprint density at radius 3 is 2.24 bits per heavy atom. The van der Waals surface area contributed by atoms with Crippen molar-refractivity contribution in [3.05, 3.63) is 12.2 Å². The van der Waals surface area contributed by atoms with Gasteiger partial charge in [0, 0.05) is 0 Å². The van der Waals surface area contributed by atoms with Crippen LogP contribution in [0.5, 0.6) is 0 Å². The van der Waals surface area contributed by atoms with Crippen LogP contribution in [0.4, 0.5) is 0 Å². The Kier molecular flexibility index (Phi) is 2.59. The Morgan fingerprint density at radius 2 is 1.29 bits per heavy atom. The predicted octanol–water partition coefficient (Wildman–Crippen LogP) is 4.81. The summed E-state index contributed by atoms with van der Waals surface area (Å²) in [6.07, 6.45) is 18.8. The third kappa shape index (κ3) is 1.63. The Labute approximate surface area is 106 Å². The van der Waals surface area contributed by atoms with Crippen LogP contribution in [0.25, 0.3) is 0 Å². The van der Waals surface area contributed by atoms with E-state index in [0.717, 1.165) is 35.5 Å². The molecule has 0 aromatic heterocycles. The van der Waals surface area contributed by atoms with E-state index in [0.29, 0.717) is 0 Å². The Bertz CT molecular complexity index is 316. The fraction of sp³-hybridized carbons (Fsp3) is 0.882. The molecule has 0 spiro atoms. The normalized spacial score (nSPS) is 52.7. The molecule has 0 N–H and O–H groups in total. The lowest BCUT2D eigenvalue weighted by molar-refractivity contribution is -0.00177. The summed E-state index contributed by atoms with van der Waals surface area (Å²) in [4.78, 5) is 0. The van der Waals surface area contributed by atoms with Gasteiger partial charge in [-0.1, -0.05) is 25.0 Å². The fourth-order valence-corrected chi connectivity index (χ4v) is 6.04. The molecule has 0 aromatic rings. The monoisotopic (exact) mass is 230 g/mol. The van der Waals surface area contributed by atoms with E-state index < -0.39 is 0 Å².